The minimum atomic E-state index is 0.714. The molecule has 2 rings (SSSR count). The first-order valence-electron chi connectivity index (χ1n) is 5.30. The van der Waals surface area contributed by atoms with Crippen LogP contribution in [0.4, 0.5) is 5.82 Å². The molecule has 2 aromatic rings. The molecule has 0 spiro atoms. The van der Waals surface area contributed by atoms with E-state index in [4.69, 9.17) is 0 Å². The van der Waals surface area contributed by atoms with Crippen molar-refractivity contribution < 1.29 is 0 Å². The van der Waals surface area contributed by atoms with Crippen LogP contribution in [0.15, 0.2) is 23.3 Å². The maximum atomic E-state index is 4.21. The number of aryl methyl sites for hydroxylation is 1. The van der Waals surface area contributed by atoms with Gasteiger partial charge in [-0.05, 0) is 6.42 Å². The molecule has 0 bridgehead atoms. The lowest BCUT2D eigenvalue weighted by Crippen LogP contribution is -2.03. The van der Waals surface area contributed by atoms with E-state index in [9.17, 15) is 0 Å². The second-order valence-corrected chi connectivity index (χ2v) is 4.20. The topological polar surface area (TPSA) is 50.7 Å². The van der Waals surface area contributed by atoms with Gasteiger partial charge in [-0.2, -0.15) is 0 Å². The number of rotatable bonds is 5. The summed E-state index contributed by atoms with van der Waals surface area (Å²) in [5.74, 6) is 0.867. The maximum Gasteiger partial charge on any atom is 0.129 e. The minimum absolute atomic E-state index is 0.714. The highest BCUT2D eigenvalue weighted by atomic mass is 32.1. The van der Waals surface area contributed by atoms with Crippen LogP contribution in [0.25, 0.3) is 0 Å². The average Bonchev–Trinajstić information content (AvgIpc) is 2.80. The van der Waals surface area contributed by atoms with Gasteiger partial charge in [0.1, 0.15) is 12.1 Å². The summed E-state index contributed by atoms with van der Waals surface area (Å²) < 4.78 is 0. The Balaban J connectivity index is 1.96. The summed E-state index contributed by atoms with van der Waals surface area (Å²) in [5.41, 5.74) is 3.96. The van der Waals surface area contributed by atoms with E-state index in [0.717, 1.165) is 30.0 Å². The van der Waals surface area contributed by atoms with Crippen molar-refractivity contribution in [1.29, 1.82) is 0 Å². The van der Waals surface area contributed by atoms with Gasteiger partial charge >= 0.3 is 0 Å². The van der Waals surface area contributed by atoms with Crippen LogP contribution in [-0.2, 0) is 13.0 Å². The lowest BCUT2D eigenvalue weighted by molar-refractivity contribution is 0.871. The number of nitrogens with one attached hydrogen (secondary N) is 1. The third kappa shape index (κ3) is 3.00. The number of hydrogen-bond donors (Lipinski definition) is 1. The van der Waals surface area contributed by atoms with Gasteiger partial charge < -0.3 is 5.32 Å². The third-order valence-electron chi connectivity index (χ3n) is 2.16. The highest BCUT2D eigenvalue weighted by Crippen LogP contribution is 2.08. The second kappa shape index (κ2) is 5.55. The summed E-state index contributed by atoms with van der Waals surface area (Å²) >= 11 is 1.60. The van der Waals surface area contributed by atoms with E-state index in [1.807, 2.05) is 17.0 Å². The van der Waals surface area contributed by atoms with Gasteiger partial charge in [0.05, 0.1) is 17.7 Å². The van der Waals surface area contributed by atoms with E-state index in [1.54, 1.807) is 17.7 Å². The van der Waals surface area contributed by atoms with Crippen LogP contribution >= 0.6 is 11.3 Å². The molecule has 0 aliphatic rings. The van der Waals surface area contributed by atoms with Gasteiger partial charge in [-0.3, -0.25) is 0 Å². The lowest BCUT2D eigenvalue weighted by atomic mass is 10.2. The number of hydrogen-bond acceptors (Lipinski definition) is 5. The van der Waals surface area contributed by atoms with Gasteiger partial charge in [0, 0.05) is 17.1 Å². The fourth-order valence-electron chi connectivity index (χ4n) is 1.39. The molecule has 4 nitrogen and oxygen atoms in total. The molecule has 0 fully saturated rings. The van der Waals surface area contributed by atoms with Crippen LogP contribution in [0.5, 0.6) is 0 Å². The van der Waals surface area contributed by atoms with Crippen molar-refractivity contribution >= 4 is 17.2 Å². The van der Waals surface area contributed by atoms with Crippen LogP contribution in [0.1, 0.15) is 24.7 Å². The fraction of sp³-hybridized carbons (Fsp3) is 0.364. The zero-order chi connectivity index (χ0) is 11.2. The number of aromatic nitrogens is 3. The predicted molar refractivity (Wildman–Crippen MR) is 65.5 cm³/mol. The van der Waals surface area contributed by atoms with Gasteiger partial charge in [-0.1, -0.05) is 13.3 Å². The molecule has 0 saturated heterocycles. The Morgan fingerprint density at radius 3 is 2.94 bits per heavy atom. The molecule has 0 atom stereocenters. The Morgan fingerprint density at radius 2 is 2.19 bits per heavy atom. The van der Waals surface area contributed by atoms with Gasteiger partial charge in [0.25, 0.3) is 0 Å². The zero-order valence-corrected chi connectivity index (χ0v) is 10.00. The van der Waals surface area contributed by atoms with Crippen LogP contribution in [0.3, 0.4) is 0 Å². The largest absolute Gasteiger partial charge is 0.364 e. The van der Waals surface area contributed by atoms with Gasteiger partial charge in [0.15, 0.2) is 0 Å². The summed E-state index contributed by atoms with van der Waals surface area (Å²) in [5, 5.41) is 5.27. The van der Waals surface area contributed by atoms with E-state index in [0.29, 0.717) is 6.54 Å². The number of thiazole rings is 1. The molecule has 2 heterocycles. The monoisotopic (exact) mass is 234 g/mol. The molecule has 0 aliphatic heterocycles. The molecule has 5 heteroatoms. The number of anilines is 1. The Kier molecular flexibility index (Phi) is 3.82. The summed E-state index contributed by atoms with van der Waals surface area (Å²) in [6.07, 6.45) is 3.70. The van der Waals surface area contributed by atoms with Crippen LogP contribution in [0.2, 0.25) is 0 Å². The van der Waals surface area contributed by atoms with Gasteiger partial charge in [0.2, 0.25) is 0 Å². The third-order valence-corrected chi connectivity index (χ3v) is 2.80. The Morgan fingerprint density at radius 1 is 1.25 bits per heavy atom. The van der Waals surface area contributed by atoms with Crippen LogP contribution < -0.4 is 5.32 Å². The van der Waals surface area contributed by atoms with E-state index in [1.165, 1.54) is 0 Å². The van der Waals surface area contributed by atoms with Crippen molar-refractivity contribution in [3.63, 3.8) is 0 Å². The quantitative estimate of drug-likeness (QED) is 0.863. The van der Waals surface area contributed by atoms with Crippen molar-refractivity contribution in [3.8, 4) is 0 Å². The Bertz CT molecular complexity index is 427. The standard InChI is InChI=1S/C11H14N4S/c1-2-3-9-4-11(14-7-13-9)12-5-10-6-16-8-15-10/h4,6-8H,2-3,5H2,1H3,(H,12,13,14). The summed E-state index contributed by atoms with van der Waals surface area (Å²) in [4.78, 5) is 12.6. The molecule has 2 aromatic heterocycles. The normalized spacial score (nSPS) is 10.3. The minimum Gasteiger partial charge on any atom is -0.364 e. The second-order valence-electron chi connectivity index (χ2n) is 3.48. The molecule has 0 aliphatic carbocycles. The Hall–Kier alpha value is -1.49. The van der Waals surface area contributed by atoms with E-state index >= 15 is 0 Å². The van der Waals surface area contributed by atoms with E-state index in [2.05, 4.69) is 27.2 Å². The molecule has 0 aromatic carbocycles. The van der Waals surface area contributed by atoms with Crippen molar-refractivity contribution in [2.24, 2.45) is 0 Å². The summed E-state index contributed by atoms with van der Waals surface area (Å²) in [6, 6.07) is 2.00. The van der Waals surface area contributed by atoms with Crippen LogP contribution in [0, 0.1) is 0 Å². The van der Waals surface area contributed by atoms with Gasteiger partial charge in [-0.15, -0.1) is 11.3 Å². The van der Waals surface area contributed by atoms with E-state index < -0.39 is 0 Å². The highest BCUT2D eigenvalue weighted by molar-refractivity contribution is 7.07. The molecule has 0 saturated carbocycles. The van der Waals surface area contributed by atoms with Crippen molar-refractivity contribution in [2.75, 3.05) is 5.32 Å². The summed E-state index contributed by atoms with van der Waals surface area (Å²) in [6.45, 7) is 2.86. The maximum absolute atomic E-state index is 4.21. The zero-order valence-electron chi connectivity index (χ0n) is 9.18. The molecule has 1 N–H and O–H groups in total. The van der Waals surface area contributed by atoms with Crippen molar-refractivity contribution in [1.82, 2.24) is 15.0 Å². The highest BCUT2D eigenvalue weighted by Gasteiger charge is 1.99. The van der Waals surface area contributed by atoms with E-state index in [-0.39, 0.29) is 0 Å². The van der Waals surface area contributed by atoms with Crippen molar-refractivity contribution in [3.05, 3.63) is 34.7 Å². The first kappa shape index (κ1) is 11.0. The lowest BCUT2D eigenvalue weighted by Gasteiger charge is -2.04. The average molecular weight is 234 g/mol. The molecule has 16 heavy (non-hydrogen) atoms. The molecule has 0 amide bonds. The molecule has 0 radical (unpaired) electrons. The fourth-order valence-corrected chi connectivity index (χ4v) is 1.95. The smallest absolute Gasteiger partial charge is 0.129 e. The first-order valence-corrected chi connectivity index (χ1v) is 6.24. The molecular weight excluding hydrogens is 220 g/mol. The van der Waals surface area contributed by atoms with Crippen molar-refractivity contribution in [2.45, 2.75) is 26.3 Å². The SMILES string of the molecule is CCCc1cc(NCc2cscn2)ncn1. The Labute approximate surface area is 98.8 Å². The molecule has 84 valence electrons. The predicted octanol–water partition coefficient (Wildman–Crippen LogP) is 2.50. The van der Waals surface area contributed by atoms with Gasteiger partial charge in [-0.25, -0.2) is 15.0 Å². The summed E-state index contributed by atoms with van der Waals surface area (Å²) in [7, 11) is 0. The number of nitrogens with zero attached hydrogens (tertiary/aromatic N) is 3. The van der Waals surface area contributed by atoms with Crippen LogP contribution in [-0.4, -0.2) is 15.0 Å². The molecule has 0 unspecified atom stereocenters. The molecular formula is C11H14N4S. The first-order chi connectivity index (χ1) is 7.88.